The van der Waals surface area contributed by atoms with Gasteiger partial charge in [-0.1, -0.05) is 26.8 Å². The van der Waals surface area contributed by atoms with Gasteiger partial charge in [-0.3, -0.25) is 14.0 Å². The van der Waals surface area contributed by atoms with Crippen molar-refractivity contribution in [1.82, 2.24) is 9.38 Å². The molecule has 0 radical (unpaired) electrons. The number of benzene rings is 1. The van der Waals surface area contributed by atoms with Crippen LogP contribution < -0.4 is 10.9 Å². The Morgan fingerprint density at radius 3 is 2.74 bits per heavy atom. The molecule has 0 saturated carbocycles. The number of amides is 1. The summed E-state index contributed by atoms with van der Waals surface area (Å²) in [6, 6.07) is 8.03. The van der Waals surface area contributed by atoms with Crippen molar-refractivity contribution >= 4 is 33.9 Å². The standard InChI is InChI=1S/C23H25N3O4S/c1-23(2,3)21(29)24-15-8-6-7-14(11-15)20(28)30-13-16-12-19(27)26-17-9-4-5-10-18(17)31-22(26)25-16/h6-8,11-12H,4-5,9-10,13H2,1-3H3,(H,24,29). The molecule has 1 amide bonds. The lowest BCUT2D eigenvalue weighted by molar-refractivity contribution is -0.123. The maximum absolute atomic E-state index is 12.6. The first-order valence-electron chi connectivity index (χ1n) is 10.3. The van der Waals surface area contributed by atoms with Crippen LogP contribution in [0.4, 0.5) is 5.69 Å². The van der Waals surface area contributed by atoms with Gasteiger partial charge in [0.1, 0.15) is 6.61 Å². The quantitative estimate of drug-likeness (QED) is 0.621. The monoisotopic (exact) mass is 439 g/mol. The summed E-state index contributed by atoms with van der Waals surface area (Å²) in [5, 5.41) is 2.80. The number of carbonyl (C=O) groups excluding carboxylic acids is 2. The summed E-state index contributed by atoms with van der Waals surface area (Å²) < 4.78 is 7.08. The number of aromatic nitrogens is 2. The summed E-state index contributed by atoms with van der Waals surface area (Å²) >= 11 is 1.54. The van der Waals surface area contributed by atoms with Gasteiger partial charge >= 0.3 is 5.97 Å². The van der Waals surface area contributed by atoms with Gasteiger partial charge in [0.2, 0.25) is 5.91 Å². The van der Waals surface area contributed by atoms with Crippen molar-refractivity contribution < 1.29 is 14.3 Å². The zero-order chi connectivity index (χ0) is 22.2. The van der Waals surface area contributed by atoms with Crippen LogP contribution in [0.3, 0.4) is 0 Å². The van der Waals surface area contributed by atoms with E-state index < -0.39 is 11.4 Å². The Bertz CT molecular complexity index is 1220. The van der Waals surface area contributed by atoms with E-state index in [0.29, 0.717) is 21.9 Å². The maximum atomic E-state index is 12.6. The number of nitrogens with zero attached hydrogens (tertiary/aromatic N) is 2. The van der Waals surface area contributed by atoms with Crippen LogP contribution in [-0.4, -0.2) is 21.3 Å². The van der Waals surface area contributed by atoms with E-state index in [-0.39, 0.29) is 18.1 Å². The van der Waals surface area contributed by atoms with Gasteiger partial charge in [-0.15, -0.1) is 11.3 Å². The van der Waals surface area contributed by atoms with Crippen LogP contribution in [0.5, 0.6) is 0 Å². The lowest BCUT2D eigenvalue weighted by Crippen LogP contribution is -2.27. The molecule has 8 heteroatoms. The molecule has 0 unspecified atom stereocenters. The van der Waals surface area contributed by atoms with Gasteiger partial charge in [-0.2, -0.15) is 0 Å². The van der Waals surface area contributed by atoms with E-state index >= 15 is 0 Å². The van der Waals surface area contributed by atoms with Gasteiger partial charge < -0.3 is 10.1 Å². The second kappa shape index (κ2) is 8.26. The fraction of sp³-hybridized carbons (Fsp3) is 0.391. The maximum Gasteiger partial charge on any atom is 0.338 e. The fourth-order valence-electron chi connectivity index (χ4n) is 3.48. The summed E-state index contributed by atoms with van der Waals surface area (Å²) in [7, 11) is 0. The Kier molecular flexibility index (Phi) is 5.66. The number of fused-ring (bicyclic) bond motifs is 3. The highest BCUT2D eigenvalue weighted by Gasteiger charge is 2.22. The van der Waals surface area contributed by atoms with E-state index in [0.717, 1.165) is 31.4 Å². The second-order valence-electron chi connectivity index (χ2n) is 8.74. The van der Waals surface area contributed by atoms with Gasteiger partial charge in [0.15, 0.2) is 4.96 Å². The minimum Gasteiger partial charge on any atom is -0.456 e. The topological polar surface area (TPSA) is 89.8 Å². The fourth-order valence-corrected chi connectivity index (χ4v) is 4.71. The van der Waals surface area contributed by atoms with Crippen LogP contribution >= 0.6 is 11.3 Å². The van der Waals surface area contributed by atoms with Crippen LogP contribution in [0.15, 0.2) is 35.1 Å². The molecule has 0 saturated heterocycles. The van der Waals surface area contributed by atoms with E-state index in [1.807, 2.05) is 20.8 Å². The largest absolute Gasteiger partial charge is 0.456 e. The Morgan fingerprint density at radius 2 is 1.97 bits per heavy atom. The van der Waals surface area contributed by atoms with Gasteiger partial charge in [0, 0.05) is 27.7 Å². The van der Waals surface area contributed by atoms with E-state index in [1.165, 1.54) is 22.3 Å². The molecule has 0 atom stereocenters. The molecule has 1 aliphatic rings. The highest BCUT2D eigenvalue weighted by molar-refractivity contribution is 7.17. The van der Waals surface area contributed by atoms with Gasteiger partial charge in [0.05, 0.1) is 11.3 Å². The van der Waals surface area contributed by atoms with E-state index in [2.05, 4.69) is 10.3 Å². The summed E-state index contributed by atoms with van der Waals surface area (Å²) in [6.07, 6.45) is 4.09. The Balaban J connectivity index is 1.48. The van der Waals surface area contributed by atoms with E-state index in [4.69, 9.17) is 4.74 Å². The first-order valence-corrected chi connectivity index (χ1v) is 11.2. The zero-order valence-electron chi connectivity index (χ0n) is 17.9. The van der Waals surface area contributed by atoms with Crippen LogP contribution in [0.1, 0.15) is 60.2 Å². The van der Waals surface area contributed by atoms with Crippen molar-refractivity contribution in [3.05, 3.63) is 62.5 Å². The number of nitrogens with one attached hydrogen (secondary N) is 1. The first-order chi connectivity index (χ1) is 14.7. The summed E-state index contributed by atoms with van der Waals surface area (Å²) in [5.41, 5.74) is 1.65. The number of hydrogen-bond donors (Lipinski definition) is 1. The number of esters is 1. The molecule has 1 N–H and O–H groups in total. The van der Waals surface area contributed by atoms with Crippen LogP contribution in [0.25, 0.3) is 4.96 Å². The molecule has 0 aliphatic heterocycles. The molecule has 1 aromatic carbocycles. The number of ether oxygens (including phenoxy) is 1. The Hall–Kier alpha value is -3.00. The molecule has 162 valence electrons. The van der Waals surface area contributed by atoms with Crippen molar-refractivity contribution in [2.24, 2.45) is 5.41 Å². The third kappa shape index (κ3) is 4.54. The minimum atomic E-state index is -0.546. The smallest absolute Gasteiger partial charge is 0.338 e. The molecule has 2 aromatic heterocycles. The second-order valence-corrected chi connectivity index (χ2v) is 9.81. The average Bonchev–Trinajstić information content (AvgIpc) is 3.10. The highest BCUT2D eigenvalue weighted by atomic mass is 32.1. The molecule has 7 nitrogen and oxygen atoms in total. The molecule has 4 rings (SSSR count). The zero-order valence-corrected chi connectivity index (χ0v) is 18.7. The van der Waals surface area contributed by atoms with Gasteiger partial charge in [-0.05, 0) is 43.9 Å². The number of aryl methyl sites for hydroxylation is 2. The normalized spacial score (nSPS) is 13.6. The molecule has 3 aromatic rings. The number of carbonyl (C=O) groups is 2. The molecule has 0 fully saturated rings. The van der Waals surface area contributed by atoms with Crippen molar-refractivity contribution in [3.63, 3.8) is 0 Å². The minimum absolute atomic E-state index is 0.0915. The number of rotatable bonds is 4. The van der Waals surface area contributed by atoms with E-state index in [9.17, 15) is 14.4 Å². The third-order valence-electron chi connectivity index (χ3n) is 5.20. The van der Waals surface area contributed by atoms with Crippen molar-refractivity contribution in [3.8, 4) is 0 Å². The molecular weight excluding hydrogens is 414 g/mol. The molecule has 1 aliphatic carbocycles. The molecule has 2 heterocycles. The predicted molar refractivity (Wildman–Crippen MR) is 120 cm³/mol. The third-order valence-corrected chi connectivity index (χ3v) is 6.35. The molecule has 31 heavy (non-hydrogen) atoms. The Morgan fingerprint density at radius 1 is 1.19 bits per heavy atom. The van der Waals surface area contributed by atoms with Gasteiger partial charge in [-0.25, -0.2) is 9.78 Å². The SMILES string of the molecule is CC(C)(C)C(=O)Nc1cccc(C(=O)OCc2cc(=O)n3c4c(sc3n2)CCCC4)c1. The lowest BCUT2D eigenvalue weighted by Gasteiger charge is -2.17. The summed E-state index contributed by atoms with van der Waals surface area (Å²) in [4.78, 5) is 43.7. The summed E-state index contributed by atoms with van der Waals surface area (Å²) in [5.74, 6) is -0.686. The molecule has 0 spiro atoms. The van der Waals surface area contributed by atoms with Crippen LogP contribution in [0, 0.1) is 5.41 Å². The van der Waals surface area contributed by atoms with E-state index in [1.54, 1.807) is 28.7 Å². The molecule has 0 bridgehead atoms. The number of anilines is 1. The Labute approximate surface area is 184 Å². The van der Waals surface area contributed by atoms with Crippen LogP contribution in [-0.2, 0) is 29.0 Å². The summed E-state index contributed by atoms with van der Waals surface area (Å²) in [6.45, 7) is 5.36. The average molecular weight is 440 g/mol. The predicted octanol–water partition coefficient (Wildman–Crippen LogP) is 3.98. The number of thiazole rings is 1. The highest BCUT2D eigenvalue weighted by Crippen LogP contribution is 2.28. The van der Waals surface area contributed by atoms with Gasteiger partial charge in [0.25, 0.3) is 5.56 Å². The van der Waals surface area contributed by atoms with Crippen molar-refractivity contribution in [2.45, 2.75) is 53.1 Å². The lowest BCUT2D eigenvalue weighted by atomic mass is 9.95. The molecular formula is C23H25N3O4S. The number of hydrogen-bond acceptors (Lipinski definition) is 6. The first kappa shape index (κ1) is 21.2. The van der Waals surface area contributed by atoms with Crippen LogP contribution in [0.2, 0.25) is 0 Å². The van der Waals surface area contributed by atoms with Crippen molar-refractivity contribution in [1.29, 1.82) is 0 Å². The van der Waals surface area contributed by atoms with Crippen molar-refractivity contribution in [2.75, 3.05) is 5.32 Å².